The van der Waals surface area contributed by atoms with Crippen molar-refractivity contribution in [1.82, 2.24) is 15.2 Å². The number of rotatable bonds is 4. The zero-order valence-electron chi connectivity index (χ0n) is 15.3. The predicted octanol–water partition coefficient (Wildman–Crippen LogP) is 3.39. The van der Waals surface area contributed by atoms with Crippen LogP contribution in [0.1, 0.15) is 35.8 Å². The van der Waals surface area contributed by atoms with Gasteiger partial charge in [-0.25, -0.2) is 4.98 Å². The summed E-state index contributed by atoms with van der Waals surface area (Å²) in [5.41, 5.74) is 1.57. The van der Waals surface area contributed by atoms with E-state index < -0.39 is 0 Å². The standard InChI is InChI=1S/C21H25N3O2/c1-14-4-3-5-19(22-14)26-18-8-6-17(7-9-18)21(25)23-20-15(2)24-12-10-16(20)11-13-24/h3-9,15-16,20H,10-13H2,1-2H3,(H,23,25)/t15-,20-/m0/s1. The van der Waals surface area contributed by atoms with E-state index in [1.165, 1.54) is 12.8 Å². The highest BCUT2D eigenvalue weighted by molar-refractivity contribution is 5.94. The van der Waals surface area contributed by atoms with Gasteiger partial charge in [-0.15, -0.1) is 0 Å². The average Bonchev–Trinajstić information content (AvgIpc) is 2.65. The monoisotopic (exact) mass is 351 g/mol. The first-order valence-electron chi connectivity index (χ1n) is 9.36. The molecule has 5 nitrogen and oxygen atoms in total. The van der Waals surface area contributed by atoms with Gasteiger partial charge in [0.2, 0.25) is 5.88 Å². The van der Waals surface area contributed by atoms with Gasteiger partial charge in [-0.3, -0.25) is 9.69 Å². The molecule has 26 heavy (non-hydrogen) atoms. The molecule has 0 radical (unpaired) electrons. The highest BCUT2D eigenvalue weighted by Gasteiger charge is 2.40. The number of ether oxygens (including phenoxy) is 1. The molecular weight excluding hydrogens is 326 g/mol. The Morgan fingerprint density at radius 2 is 1.88 bits per heavy atom. The number of hydrogen-bond donors (Lipinski definition) is 1. The number of carbonyl (C=O) groups excluding carboxylic acids is 1. The largest absolute Gasteiger partial charge is 0.439 e. The third-order valence-electron chi connectivity index (χ3n) is 5.68. The lowest BCUT2D eigenvalue weighted by Gasteiger charge is -2.49. The molecule has 0 aliphatic carbocycles. The second kappa shape index (κ2) is 7.08. The first-order valence-corrected chi connectivity index (χ1v) is 9.36. The molecule has 1 amide bonds. The molecule has 2 bridgehead atoms. The maximum Gasteiger partial charge on any atom is 0.251 e. The van der Waals surface area contributed by atoms with Crippen LogP contribution in [0.2, 0.25) is 0 Å². The summed E-state index contributed by atoms with van der Waals surface area (Å²) in [6.07, 6.45) is 2.37. The van der Waals surface area contributed by atoms with Gasteiger partial charge in [-0.1, -0.05) is 6.07 Å². The zero-order chi connectivity index (χ0) is 18.1. The van der Waals surface area contributed by atoms with Gasteiger partial charge in [0.1, 0.15) is 5.75 Å². The van der Waals surface area contributed by atoms with Crippen LogP contribution in [-0.2, 0) is 0 Å². The fraction of sp³-hybridized carbons (Fsp3) is 0.429. The number of nitrogens with zero attached hydrogens (tertiary/aromatic N) is 2. The van der Waals surface area contributed by atoms with E-state index >= 15 is 0 Å². The highest BCUT2D eigenvalue weighted by Crippen LogP contribution is 2.32. The van der Waals surface area contributed by atoms with Crippen molar-refractivity contribution in [2.24, 2.45) is 5.92 Å². The highest BCUT2D eigenvalue weighted by atomic mass is 16.5. The lowest BCUT2D eigenvalue weighted by atomic mass is 9.79. The van der Waals surface area contributed by atoms with Gasteiger partial charge >= 0.3 is 0 Å². The minimum absolute atomic E-state index is 0.00386. The van der Waals surface area contributed by atoms with Crippen LogP contribution in [-0.4, -0.2) is 41.0 Å². The summed E-state index contributed by atoms with van der Waals surface area (Å²) in [6.45, 7) is 6.48. The van der Waals surface area contributed by atoms with E-state index in [9.17, 15) is 4.79 Å². The number of nitrogens with one attached hydrogen (secondary N) is 1. The Hall–Kier alpha value is -2.40. The van der Waals surface area contributed by atoms with Gasteiger partial charge < -0.3 is 10.1 Å². The minimum Gasteiger partial charge on any atom is -0.439 e. The van der Waals surface area contributed by atoms with Crippen molar-refractivity contribution in [3.05, 3.63) is 53.7 Å². The number of aryl methyl sites for hydroxylation is 1. The number of pyridine rings is 1. The van der Waals surface area contributed by atoms with Crippen LogP contribution < -0.4 is 10.1 Å². The lowest BCUT2D eigenvalue weighted by Crippen LogP contribution is -2.62. The Kier molecular flexibility index (Phi) is 4.64. The van der Waals surface area contributed by atoms with Gasteiger partial charge in [0.25, 0.3) is 5.91 Å². The molecule has 1 aromatic heterocycles. The van der Waals surface area contributed by atoms with Crippen LogP contribution >= 0.6 is 0 Å². The van der Waals surface area contributed by atoms with Crippen molar-refractivity contribution in [3.8, 4) is 11.6 Å². The molecule has 1 aromatic carbocycles. The fourth-order valence-electron chi connectivity index (χ4n) is 4.15. The third-order valence-corrected chi connectivity index (χ3v) is 5.68. The molecular formula is C21H25N3O2. The van der Waals surface area contributed by atoms with Crippen LogP contribution in [0, 0.1) is 12.8 Å². The molecule has 2 atom stereocenters. The summed E-state index contributed by atoms with van der Waals surface area (Å²) < 4.78 is 5.75. The van der Waals surface area contributed by atoms with E-state index in [0.717, 1.165) is 18.8 Å². The van der Waals surface area contributed by atoms with Crippen LogP contribution in [0.4, 0.5) is 0 Å². The van der Waals surface area contributed by atoms with E-state index in [2.05, 4.69) is 22.1 Å². The molecule has 3 fully saturated rings. The number of fused-ring (bicyclic) bond motifs is 3. The number of hydrogen-bond acceptors (Lipinski definition) is 4. The van der Waals surface area contributed by atoms with Crippen molar-refractivity contribution in [1.29, 1.82) is 0 Å². The maximum atomic E-state index is 12.7. The summed E-state index contributed by atoms with van der Waals surface area (Å²) in [7, 11) is 0. The number of amides is 1. The first-order chi connectivity index (χ1) is 12.6. The quantitative estimate of drug-likeness (QED) is 0.917. The molecule has 0 unspecified atom stereocenters. The first kappa shape index (κ1) is 17.0. The minimum atomic E-state index is -0.00386. The van der Waals surface area contributed by atoms with Gasteiger partial charge in [-0.2, -0.15) is 0 Å². The Morgan fingerprint density at radius 3 is 2.54 bits per heavy atom. The maximum absolute atomic E-state index is 12.7. The molecule has 3 aliphatic heterocycles. The van der Waals surface area contributed by atoms with E-state index in [4.69, 9.17) is 4.74 Å². The fourth-order valence-corrected chi connectivity index (χ4v) is 4.15. The number of piperidine rings is 3. The molecule has 5 heteroatoms. The summed E-state index contributed by atoms with van der Waals surface area (Å²) in [6, 6.07) is 13.6. The second-order valence-electron chi connectivity index (χ2n) is 7.36. The molecule has 0 saturated carbocycles. The van der Waals surface area contributed by atoms with Crippen molar-refractivity contribution in [3.63, 3.8) is 0 Å². The van der Waals surface area contributed by atoms with Crippen LogP contribution in [0.5, 0.6) is 11.6 Å². The Morgan fingerprint density at radius 1 is 1.15 bits per heavy atom. The number of aromatic nitrogens is 1. The van der Waals surface area contributed by atoms with E-state index in [-0.39, 0.29) is 11.9 Å². The predicted molar refractivity (Wildman–Crippen MR) is 101 cm³/mol. The molecule has 3 saturated heterocycles. The van der Waals surface area contributed by atoms with Gasteiger partial charge in [0.15, 0.2) is 0 Å². The molecule has 0 spiro atoms. The van der Waals surface area contributed by atoms with Crippen molar-refractivity contribution < 1.29 is 9.53 Å². The summed E-state index contributed by atoms with van der Waals surface area (Å²) in [4.78, 5) is 19.5. The average molecular weight is 351 g/mol. The third kappa shape index (κ3) is 3.44. The van der Waals surface area contributed by atoms with Crippen molar-refractivity contribution in [2.75, 3.05) is 13.1 Å². The topological polar surface area (TPSA) is 54.5 Å². The summed E-state index contributed by atoms with van der Waals surface area (Å²) >= 11 is 0. The molecule has 4 heterocycles. The summed E-state index contributed by atoms with van der Waals surface area (Å²) in [5.74, 6) is 1.84. The van der Waals surface area contributed by atoms with Crippen LogP contribution in [0.3, 0.4) is 0 Å². The molecule has 2 aromatic rings. The SMILES string of the molecule is Cc1cccc(Oc2ccc(C(=O)N[C@@H]3C4CCN(CC4)[C@H]3C)cc2)n1. The Balaban J connectivity index is 1.41. The van der Waals surface area contributed by atoms with Crippen molar-refractivity contribution in [2.45, 2.75) is 38.8 Å². The Bertz CT molecular complexity index is 780. The van der Waals surface area contributed by atoms with E-state index in [1.54, 1.807) is 0 Å². The normalized spacial score (nSPS) is 27.2. The van der Waals surface area contributed by atoms with Gasteiger partial charge in [-0.05, 0) is 76.0 Å². The summed E-state index contributed by atoms with van der Waals surface area (Å²) in [5, 5.41) is 3.26. The molecule has 136 valence electrons. The molecule has 1 N–H and O–H groups in total. The lowest BCUT2D eigenvalue weighted by molar-refractivity contribution is 0.0217. The molecule has 3 aliphatic rings. The van der Waals surface area contributed by atoms with E-state index in [0.29, 0.717) is 29.2 Å². The number of benzene rings is 1. The zero-order valence-corrected chi connectivity index (χ0v) is 15.3. The second-order valence-corrected chi connectivity index (χ2v) is 7.36. The smallest absolute Gasteiger partial charge is 0.251 e. The van der Waals surface area contributed by atoms with Gasteiger partial charge in [0.05, 0.1) is 0 Å². The van der Waals surface area contributed by atoms with Crippen molar-refractivity contribution >= 4 is 5.91 Å². The van der Waals surface area contributed by atoms with Crippen LogP contribution in [0.25, 0.3) is 0 Å². The Labute approximate surface area is 154 Å². The van der Waals surface area contributed by atoms with E-state index in [1.807, 2.05) is 49.4 Å². The number of carbonyl (C=O) groups is 1. The van der Waals surface area contributed by atoms with Gasteiger partial charge in [0, 0.05) is 29.4 Å². The van der Waals surface area contributed by atoms with Crippen LogP contribution in [0.15, 0.2) is 42.5 Å². The molecule has 5 rings (SSSR count).